The van der Waals surface area contributed by atoms with Crippen LogP contribution in [-0.2, 0) is 38.3 Å². The third-order valence-corrected chi connectivity index (χ3v) is 8.88. The van der Waals surface area contributed by atoms with E-state index in [1.807, 2.05) is 26.1 Å². The van der Waals surface area contributed by atoms with E-state index >= 15 is 0 Å². The highest BCUT2D eigenvalue weighted by molar-refractivity contribution is 7.14. The second-order valence-corrected chi connectivity index (χ2v) is 12.5. The minimum Gasteiger partial charge on any atom is -0.380 e. The van der Waals surface area contributed by atoms with E-state index in [1.165, 1.54) is 15.0 Å². The lowest BCUT2D eigenvalue weighted by Crippen LogP contribution is -2.28. The summed E-state index contributed by atoms with van der Waals surface area (Å²) >= 11 is 1.56. The van der Waals surface area contributed by atoms with Crippen molar-refractivity contribution in [1.29, 1.82) is 0 Å². The molecule has 1 N–H and O–H groups in total. The first-order valence-electron chi connectivity index (χ1n) is 13.4. The fourth-order valence-corrected chi connectivity index (χ4v) is 7.05. The molecule has 1 amide bonds. The molecule has 214 valence electrons. The van der Waals surface area contributed by atoms with Gasteiger partial charge < -0.3 is 14.6 Å². The number of carbonyl (C=O) groups excluding carboxylic acids is 1. The van der Waals surface area contributed by atoms with E-state index in [9.17, 15) is 9.59 Å². The van der Waals surface area contributed by atoms with Crippen molar-refractivity contribution < 1.29 is 9.53 Å². The van der Waals surface area contributed by atoms with Crippen LogP contribution in [0.15, 0.2) is 42.0 Å². The van der Waals surface area contributed by atoms with Gasteiger partial charge in [-0.25, -0.2) is 4.98 Å². The number of nitrogens with one attached hydrogen (secondary N) is 1. The lowest BCUT2D eigenvalue weighted by Gasteiger charge is -2.22. The second-order valence-electron chi connectivity index (χ2n) is 11.4. The number of pyridine rings is 2. The standard InChI is InChI=1S/C31H36N6O3S/c1-9-20-22-14-31(3,4)15-25(22)41-27(20)30(39)36(6)28-23(17-40-8)21(10-11-32-28)19-13-24(29(38)35(5)16-19)33-26-12-18(2)37(7)34-26/h9-13,16H,1,14-15,17H2,2-8H3,(H,33,34). The van der Waals surface area contributed by atoms with Gasteiger partial charge in [-0.05, 0) is 48.4 Å². The van der Waals surface area contributed by atoms with E-state index in [2.05, 4.69) is 35.8 Å². The van der Waals surface area contributed by atoms with Gasteiger partial charge in [0.05, 0.1) is 6.61 Å². The minimum absolute atomic E-state index is 0.132. The quantitative estimate of drug-likeness (QED) is 0.300. The summed E-state index contributed by atoms with van der Waals surface area (Å²) in [5, 5.41) is 7.59. The molecule has 0 saturated carbocycles. The third-order valence-electron chi connectivity index (χ3n) is 7.64. The largest absolute Gasteiger partial charge is 0.380 e. The molecular formula is C31H36N6O3S. The molecule has 41 heavy (non-hydrogen) atoms. The lowest BCUT2D eigenvalue weighted by atomic mass is 9.90. The van der Waals surface area contributed by atoms with E-state index in [1.54, 1.807) is 66.7 Å². The Kier molecular flexibility index (Phi) is 7.48. The number of nitrogens with zero attached hydrogens (tertiary/aromatic N) is 5. The summed E-state index contributed by atoms with van der Waals surface area (Å²) in [6.07, 6.45) is 7.15. The number of hydrogen-bond donors (Lipinski definition) is 1. The maximum atomic E-state index is 13.9. The predicted octanol–water partition coefficient (Wildman–Crippen LogP) is 5.49. The van der Waals surface area contributed by atoms with Gasteiger partial charge >= 0.3 is 0 Å². The summed E-state index contributed by atoms with van der Waals surface area (Å²) in [5.74, 6) is 0.954. The summed E-state index contributed by atoms with van der Waals surface area (Å²) in [6, 6.07) is 5.56. The fourth-order valence-electron chi connectivity index (χ4n) is 5.50. The highest BCUT2D eigenvalue weighted by Gasteiger charge is 2.35. The summed E-state index contributed by atoms with van der Waals surface area (Å²) in [7, 11) is 6.92. The van der Waals surface area contributed by atoms with Gasteiger partial charge in [0, 0.05) is 74.0 Å². The molecular weight excluding hydrogens is 536 g/mol. The number of carbonyl (C=O) groups is 1. The molecule has 0 bridgehead atoms. The summed E-state index contributed by atoms with van der Waals surface area (Å²) in [5.41, 5.74) is 5.86. The van der Waals surface area contributed by atoms with Crippen LogP contribution < -0.4 is 15.8 Å². The van der Waals surface area contributed by atoms with Gasteiger partial charge in [0.1, 0.15) is 16.4 Å². The van der Waals surface area contributed by atoms with Crippen LogP contribution >= 0.6 is 11.3 Å². The SMILES string of the molecule is C=Cc1c(C(=O)N(C)c2nccc(-c3cc(Nc4cc(C)n(C)n4)c(=O)n(C)c3)c2COC)sc2c1CC(C)(C)C2. The molecule has 1 aliphatic carbocycles. The number of aromatic nitrogens is 4. The Morgan fingerprint density at radius 3 is 2.71 bits per heavy atom. The van der Waals surface area contributed by atoms with Gasteiger partial charge in [0.15, 0.2) is 5.82 Å². The summed E-state index contributed by atoms with van der Waals surface area (Å²) in [4.78, 5) is 35.1. The zero-order valence-corrected chi connectivity index (χ0v) is 25.5. The molecule has 4 aromatic rings. The molecule has 4 heterocycles. The molecule has 10 heteroatoms. The number of hydrogen-bond acceptors (Lipinski definition) is 7. The maximum absolute atomic E-state index is 13.9. The molecule has 0 spiro atoms. The average Bonchev–Trinajstić information content (AvgIpc) is 3.53. The van der Waals surface area contributed by atoms with E-state index in [4.69, 9.17) is 4.74 Å². The Labute approximate surface area is 244 Å². The Bertz CT molecular complexity index is 1710. The number of ether oxygens (including phenoxy) is 1. The van der Waals surface area contributed by atoms with Crippen molar-refractivity contribution in [3.63, 3.8) is 0 Å². The lowest BCUT2D eigenvalue weighted by molar-refractivity contribution is 0.0995. The summed E-state index contributed by atoms with van der Waals surface area (Å²) in [6.45, 7) is 10.7. The Balaban J connectivity index is 1.55. The van der Waals surface area contributed by atoms with Gasteiger partial charge in [0.2, 0.25) is 0 Å². The van der Waals surface area contributed by atoms with Gasteiger partial charge in [-0.1, -0.05) is 26.5 Å². The monoisotopic (exact) mass is 572 g/mol. The van der Waals surface area contributed by atoms with Crippen LogP contribution in [-0.4, -0.2) is 39.4 Å². The third kappa shape index (κ3) is 5.25. The van der Waals surface area contributed by atoms with Crippen molar-refractivity contribution in [2.45, 2.75) is 40.2 Å². The molecule has 0 aromatic carbocycles. The normalized spacial score (nSPS) is 13.7. The topological polar surface area (TPSA) is 94.3 Å². The van der Waals surface area contributed by atoms with Gasteiger partial charge in [-0.3, -0.25) is 19.2 Å². The van der Waals surface area contributed by atoms with Crippen LogP contribution in [0.4, 0.5) is 17.3 Å². The van der Waals surface area contributed by atoms with E-state index in [-0.39, 0.29) is 23.5 Å². The zero-order valence-electron chi connectivity index (χ0n) is 24.7. The smallest absolute Gasteiger partial charge is 0.274 e. The van der Waals surface area contributed by atoms with Crippen LogP contribution in [0.2, 0.25) is 0 Å². The van der Waals surface area contributed by atoms with Crippen molar-refractivity contribution in [1.82, 2.24) is 19.3 Å². The molecule has 0 atom stereocenters. The number of methoxy groups -OCH3 is 1. The number of aryl methyl sites for hydroxylation is 3. The Morgan fingerprint density at radius 1 is 1.29 bits per heavy atom. The van der Waals surface area contributed by atoms with Crippen LogP contribution in [0.1, 0.15) is 50.8 Å². The molecule has 0 fully saturated rings. The first-order valence-corrected chi connectivity index (χ1v) is 14.3. The molecule has 9 nitrogen and oxygen atoms in total. The maximum Gasteiger partial charge on any atom is 0.274 e. The highest BCUT2D eigenvalue weighted by atomic mass is 32.1. The van der Waals surface area contributed by atoms with Crippen LogP contribution in [0.3, 0.4) is 0 Å². The predicted molar refractivity (Wildman–Crippen MR) is 165 cm³/mol. The molecule has 4 aromatic heterocycles. The number of amides is 1. The van der Waals surface area contributed by atoms with Gasteiger partial charge in [0.25, 0.3) is 11.5 Å². The van der Waals surface area contributed by atoms with Gasteiger partial charge in [-0.2, -0.15) is 5.10 Å². The van der Waals surface area contributed by atoms with Gasteiger partial charge in [-0.15, -0.1) is 11.3 Å². The van der Waals surface area contributed by atoms with E-state index in [0.717, 1.165) is 40.8 Å². The van der Waals surface area contributed by atoms with Crippen LogP contribution in [0.5, 0.6) is 0 Å². The number of anilines is 3. The Hall–Kier alpha value is -4.02. The Morgan fingerprint density at radius 2 is 2.05 bits per heavy atom. The van der Waals surface area contributed by atoms with Crippen molar-refractivity contribution in [2.75, 3.05) is 24.4 Å². The molecule has 0 aliphatic heterocycles. The fraction of sp³-hybridized carbons (Fsp3) is 0.355. The molecule has 0 unspecified atom stereocenters. The first kappa shape index (κ1) is 28.5. The number of fused-ring (bicyclic) bond motifs is 1. The van der Waals surface area contributed by atoms with Crippen molar-refractivity contribution >= 4 is 40.6 Å². The van der Waals surface area contributed by atoms with Crippen LogP contribution in [0.25, 0.3) is 17.2 Å². The van der Waals surface area contributed by atoms with E-state index < -0.39 is 0 Å². The van der Waals surface area contributed by atoms with Crippen molar-refractivity contribution in [2.24, 2.45) is 19.5 Å². The number of rotatable bonds is 8. The molecule has 5 rings (SSSR count). The summed E-state index contributed by atoms with van der Waals surface area (Å²) < 4.78 is 8.87. The minimum atomic E-state index is -0.183. The molecule has 0 saturated heterocycles. The molecule has 1 aliphatic rings. The van der Waals surface area contributed by atoms with Crippen molar-refractivity contribution in [3.8, 4) is 11.1 Å². The first-order chi connectivity index (χ1) is 19.4. The van der Waals surface area contributed by atoms with Crippen molar-refractivity contribution in [3.05, 3.63) is 79.7 Å². The van der Waals surface area contributed by atoms with E-state index in [0.29, 0.717) is 22.2 Å². The highest BCUT2D eigenvalue weighted by Crippen LogP contribution is 2.44. The molecule has 0 radical (unpaired) electrons. The number of thiophene rings is 1. The second kappa shape index (κ2) is 10.8. The average molecular weight is 573 g/mol. The van der Waals surface area contributed by atoms with Crippen LogP contribution in [0, 0.1) is 12.3 Å². The zero-order chi connectivity index (χ0) is 29.6.